The molecule has 0 saturated carbocycles. The van der Waals surface area contributed by atoms with Gasteiger partial charge in [-0.15, -0.1) is 0 Å². The van der Waals surface area contributed by atoms with E-state index in [2.05, 4.69) is 52.8 Å². The predicted octanol–water partition coefficient (Wildman–Crippen LogP) is 4.62. The van der Waals surface area contributed by atoms with Crippen molar-refractivity contribution in [1.82, 2.24) is 9.78 Å². The maximum atomic E-state index is 5.69. The quantitative estimate of drug-likeness (QED) is 0.559. The fourth-order valence-electron chi connectivity index (χ4n) is 1.79. The molecule has 20 heavy (non-hydrogen) atoms. The molecule has 1 heterocycles. The van der Waals surface area contributed by atoms with E-state index in [0.717, 1.165) is 22.2 Å². The van der Waals surface area contributed by atoms with Crippen LogP contribution >= 0.6 is 15.9 Å². The molecular weight excluding hydrogens is 332 g/mol. The Bertz CT molecular complexity index is 563. The van der Waals surface area contributed by atoms with Crippen molar-refractivity contribution in [3.8, 4) is 11.1 Å². The third kappa shape index (κ3) is 4.88. The minimum Gasteiger partial charge on any atom is -0.360 e. The zero-order chi connectivity index (χ0) is 14.6. The number of ether oxygens (including phenoxy) is 1. The fraction of sp³-hybridized carbons (Fsp3) is 0.400. The molecule has 1 aromatic carbocycles. The van der Waals surface area contributed by atoms with E-state index < -0.39 is 8.07 Å². The fourth-order valence-corrected chi connectivity index (χ4v) is 2.94. The van der Waals surface area contributed by atoms with E-state index in [1.807, 2.05) is 29.2 Å². The highest BCUT2D eigenvalue weighted by Gasteiger charge is 2.12. The normalized spacial score (nSPS) is 11.8. The maximum Gasteiger partial charge on any atom is 0.139 e. The molecule has 0 aliphatic carbocycles. The molecule has 0 spiro atoms. The molecule has 0 unspecified atom stereocenters. The van der Waals surface area contributed by atoms with Gasteiger partial charge in [0.05, 0.1) is 6.20 Å². The van der Waals surface area contributed by atoms with Gasteiger partial charge in [-0.05, 0) is 23.7 Å². The van der Waals surface area contributed by atoms with Gasteiger partial charge in [0.2, 0.25) is 0 Å². The van der Waals surface area contributed by atoms with Gasteiger partial charge in [0.15, 0.2) is 0 Å². The molecule has 2 rings (SSSR count). The van der Waals surface area contributed by atoms with E-state index in [1.165, 1.54) is 6.04 Å². The standard InChI is InChI=1S/C15H21BrN2OSi/c1-20(2,3)8-7-19-12-18-11-14(10-17-18)13-5-4-6-15(16)9-13/h4-6,9-11H,7-8,12H2,1-3H3. The summed E-state index contributed by atoms with van der Waals surface area (Å²) in [5, 5.41) is 4.34. The van der Waals surface area contributed by atoms with E-state index in [4.69, 9.17) is 4.74 Å². The summed E-state index contributed by atoms with van der Waals surface area (Å²) in [6.45, 7) is 8.42. The molecule has 5 heteroatoms. The van der Waals surface area contributed by atoms with Crippen LogP contribution in [0.4, 0.5) is 0 Å². The van der Waals surface area contributed by atoms with Gasteiger partial charge in [-0.2, -0.15) is 5.10 Å². The summed E-state index contributed by atoms with van der Waals surface area (Å²) in [4.78, 5) is 0. The molecule has 0 aliphatic heterocycles. The molecule has 0 fully saturated rings. The second kappa shape index (κ2) is 6.69. The lowest BCUT2D eigenvalue weighted by Gasteiger charge is -2.15. The van der Waals surface area contributed by atoms with Gasteiger partial charge in [-0.1, -0.05) is 47.7 Å². The SMILES string of the molecule is C[Si](C)(C)CCOCn1cc(-c2cccc(Br)c2)cn1. The Kier molecular flexibility index (Phi) is 5.18. The zero-order valence-corrected chi connectivity index (χ0v) is 14.9. The number of aromatic nitrogens is 2. The molecule has 0 radical (unpaired) electrons. The summed E-state index contributed by atoms with van der Waals surface area (Å²) >= 11 is 3.49. The summed E-state index contributed by atoms with van der Waals surface area (Å²) in [6.07, 6.45) is 3.90. The summed E-state index contributed by atoms with van der Waals surface area (Å²) in [6, 6.07) is 9.41. The van der Waals surface area contributed by atoms with Crippen molar-refractivity contribution in [3.05, 3.63) is 41.1 Å². The number of hydrogen-bond acceptors (Lipinski definition) is 2. The van der Waals surface area contributed by atoms with Gasteiger partial charge >= 0.3 is 0 Å². The average Bonchev–Trinajstić information content (AvgIpc) is 2.82. The minimum absolute atomic E-state index is 0.526. The van der Waals surface area contributed by atoms with Gasteiger partial charge < -0.3 is 4.74 Å². The van der Waals surface area contributed by atoms with Crippen LogP contribution in [0.5, 0.6) is 0 Å². The molecule has 108 valence electrons. The van der Waals surface area contributed by atoms with Crippen LogP contribution < -0.4 is 0 Å². The summed E-state index contributed by atoms with van der Waals surface area (Å²) in [7, 11) is -1.01. The molecular formula is C15H21BrN2OSi. The van der Waals surface area contributed by atoms with Crippen molar-refractivity contribution in [1.29, 1.82) is 0 Å². The predicted molar refractivity (Wildman–Crippen MR) is 89.5 cm³/mol. The Morgan fingerprint density at radius 3 is 2.75 bits per heavy atom. The van der Waals surface area contributed by atoms with Crippen molar-refractivity contribution in [2.24, 2.45) is 0 Å². The highest BCUT2D eigenvalue weighted by Crippen LogP contribution is 2.22. The molecule has 0 N–H and O–H groups in total. The lowest BCUT2D eigenvalue weighted by Crippen LogP contribution is -2.22. The molecule has 0 atom stereocenters. The average molecular weight is 353 g/mol. The van der Waals surface area contributed by atoms with Crippen LogP contribution in [0, 0.1) is 0 Å². The van der Waals surface area contributed by atoms with Crippen LogP contribution in [0.25, 0.3) is 11.1 Å². The maximum absolute atomic E-state index is 5.69. The second-order valence-electron chi connectivity index (χ2n) is 6.13. The summed E-state index contributed by atoms with van der Waals surface area (Å²) in [5.74, 6) is 0. The lowest BCUT2D eigenvalue weighted by molar-refractivity contribution is 0.0786. The highest BCUT2D eigenvalue weighted by atomic mass is 79.9. The topological polar surface area (TPSA) is 27.1 Å². The van der Waals surface area contributed by atoms with Crippen molar-refractivity contribution < 1.29 is 4.74 Å². The Morgan fingerprint density at radius 1 is 1.25 bits per heavy atom. The van der Waals surface area contributed by atoms with Crippen molar-refractivity contribution in [2.45, 2.75) is 32.4 Å². The van der Waals surface area contributed by atoms with Gasteiger partial charge in [-0.25, -0.2) is 4.68 Å². The third-order valence-corrected chi connectivity index (χ3v) is 5.21. The minimum atomic E-state index is -1.01. The third-order valence-electron chi connectivity index (χ3n) is 3.01. The second-order valence-corrected chi connectivity index (χ2v) is 12.7. The zero-order valence-electron chi connectivity index (χ0n) is 12.3. The number of nitrogens with zero attached hydrogens (tertiary/aromatic N) is 2. The van der Waals surface area contributed by atoms with Gasteiger partial charge in [0, 0.05) is 30.9 Å². The largest absolute Gasteiger partial charge is 0.360 e. The van der Waals surface area contributed by atoms with Crippen LogP contribution in [0.1, 0.15) is 0 Å². The van der Waals surface area contributed by atoms with Gasteiger partial charge in [0.1, 0.15) is 6.73 Å². The number of benzene rings is 1. The Morgan fingerprint density at radius 2 is 2.05 bits per heavy atom. The smallest absolute Gasteiger partial charge is 0.139 e. The lowest BCUT2D eigenvalue weighted by atomic mass is 10.1. The monoisotopic (exact) mass is 352 g/mol. The summed E-state index contributed by atoms with van der Waals surface area (Å²) in [5.41, 5.74) is 2.27. The first-order valence-electron chi connectivity index (χ1n) is 6.80. The van der Waals surface area contributed by atoms with Crippen molar-refractivity contribution >= 4 is 24.0 Å². The van der Waals surface area contributed by atoms with Crippen LogP contribution in [-0.4, -0.2) is 24.5 Å². The molecule has 2 aromatic rings. The van der Waals surface area contributed by atoms with Crippen LogP contribution in [0.3, 0.4) is 0 Å². The Balaban J connectivity index is 1.90. The van der Waals surface area contributed by atoms with E-state index >= 15 is 0 Å². The van der Waals surface area contributed by atoms with E-state index in [1.54, 1.807) is 0 Å². The first-order valence-corrected chi connectivity index (χ1v) is 11.3. The molecule has 0 aliphatic rings. The van der Waals surface area contributed by atoms with E-state index in [0.29, 0.717) is 6.73 Å². The molecule has 3 nitrogen and oxygen atoms in total. The number of rotatable bonds is 6. The van der Waals surface area contributed by atoms with Crippen LogP contribution in [0.2, 0.25) is 25.7 Å². The van der Waals surface area contributed by atoms with Gasteiger partial charge in [-0.3, -0.25) is 0 Å². The molecule has 0 amide bonds. The first-order chi connectivity index (χ1) is 9.44. The van der Waals surface area contributed by atoms with Crippen molar-refractivity contribution in [2.75, 3.05) is 6.61 Å². The molecule has 0 saturated heterocycles. The Labute approximate surface area is 130 Å². The number of hydrogen-bond donors (Lipinski definition) is 0. The van der Waals surface area contributed by atoms with Crippen LogP contribution in [-0.2, 0) is 11.5 Å². The van der Waals surface area contributed by atoms with Gasteiger partial charge in [0.25, 0.3) is 0 Å². The van der Waals surface area contributed by atoms with E-state index in [-0.39, 0.29) is 0 Å². The number of halogens is 1. The molecule has 1 aromatic heterocycles. The first kappa shape index (κ1) is 15.5. The van der Waals surface area contributed by atoms with Crippen LogP contribution in [0.15, 0.2) is 41.1 Å². The highest BCUT2D eigenvalue weighted by molar-refractivity contribution is 9.10. The molecule has 0 bridgehead atoms. The van der Waals surface area contributed by atoms with Crippen molar-refractivity contribution in [3.63, 3.8) is 0 Å². The summed E-state index contributed by atoms with van der Waals surface area (Å²) < 4.78 is 8.62. The van der Waals surface area contributed by atoms with E-state index in [9.17, 15) is 0 Å². The Hall–Kier alpha value is -0.913.